The zero-order valence-corrected chi connectivity index (χ0v) is 44.3. The standard InChI is InChI=1S/C48H70N14O19/c49-58-57-31-9-7-29(8-10-31)40(69)52-30(11-15-36(63)59-21-25-61(26-22-59)47(80)50-19-3-1-5-32(41(70)71)53-45(78)55-34(43(74)75)13-17-38(65)66)12-16-37(64)60-23-27-62(28-24-60)48(81)51-20-4-2-6-33(42(72)73)54-46(79)56-35(44(76)77)14-18-39(67)68/h7-10,30,32-35H,1-6,11-28H2,(H,50,80)(H,51,81)(H,52,69)(H,65,66)(H,67,68)(H,70,71)(H,72,73)(H,74,75)(H,76,77)(H2,53,55,78)(H2,54,56,79)/t30?,32-,33+,34-,35+. The molecule has 2 aliphatic heterocycles. The van der Waals surface area contributed by atoms with Crippen LogP contribution in [0.15, 0.2) is 29.4 Å². The second-order valence-electron chi connectivity index (χ2n) is 18.8. The zero-order valence-electron chi connectivity index (χ0n) is 44.3. The zero-order chi connectivity index (χ0) is 60.0. The highest BCUT2D eigenvalue weighted by Gasteiger charge is 2.30. The van der Waals surface area contributed by atoms with Gasteiger partial charge in [-0.3, -0.25) is 24.0 Å². The fourth-order valence-corrected chi connectivity index (χ4v) is 8.36. The van der Waals surface area contributed by atoms with Crippen LogP contribution in [-0.4, -0.2) is 224 Å². The lowest BCUT2D eigenvalue weighted by atomic mass is 10.0. The summed E-state index contributed by atoms with van der Waals surface area (Å²) in [6, 6.07) is -3.80. The van der Waals surface area contributed by atoms with E-state index < -0.39 is 122 Å². The van der Waals surface area contributed by atoms with Crippen molar-refractivity contribution in [2.24, 2.45) is 5.11 Å². The van der Waals surface area contributed by atoms with Gasteiger partial charge in [-0.05, 0) is 81.9 Å². The number of carboxylic acids is 6. The van der Waals surface area contributed by atoms with Gasteiger partial charge < -0.3 is 87.5 Å². The van der Waals surface area contributed by atoms with Gasteiger partial charge in [-0.1, -0.05) is 17.2 Å². The number of aliphatic carboxylic acids is 6. The first-order valence-electron chi connectivity index (χ1n) is 26.0. The Kier molecular flexibility index (Phi) is 28.3. The minimum Gasteiger partial charge on any atom is -0.481 e. The van der Waals surface area contributed by atoms with E-state index in [1.165, 1.54) is 34.1 Å². The van der Waals surface area contributed by atoms with Gasteiger partial charge in [0.25, 0.3) is 5.91 Å². The van der Waals surface area contributed by atoms with Gasteiger partial charge >= 0.3 is 59.9 Å². The van der Waals surface area contributed by atoms with Crippen molar-refractivity contribution in [3.8, 4) is 0 Å². The van der Waals surface area contributed by atoms with Gasteiger partial charge in [-0.15, -0.1) is 0 Å². The van der Waals surface area contributed by atoms with E-state index in [0.717, 1.165) is 0 Å². The van der Waals surface area contributed by atoms with E-state index in [2.05, 4.69) is 47.2 Å². The van der Waals surface area contributed by atoms with E-state index in [0.29, 0.717) is 12.8 Å². The third kappa shape index (κ3) is 25.0. The number of nitrogens with zero attached hydrogens (tertiary/aromatic N) is 7. The predicted octanol–water partition coefficient (Wildman–Crippen LogP) is 0.476. The molecule has 0 aliphatic carbocycles. The number of unbranched alkanes of at least 4 members (excludes halogenated alkanes) is 2. The minimum atomic E-state index is -1.55. The Morgan fingerprint density at radius 2 is 0.802 bits per heavy atom. The molecule has 33 heteroatoms. The molecule has 13 N–H and O–H groups in total. The lowest BCUT2D eigenvalue weighted by molar-refractivity contribution is -0.142. The lowest BCUT2D eigenvalue weighted by Gasteiger charge is -2.35. The number of rotatable bonds is 33. The van der Waals surface area contributed by atoms with Gasteiger partial charge in [0.05, 0.1) is 0 Å². The van der Waals surface area contributed by atoms with Gasteiger partial charge in [0.2, 0.25) is 11.8 Å². The number of carbonyl (C=O) groups excluding carboxylic acids is 7. The second kappa shape index (κ2) is 34.7. The number of carboxylic acid groups (broad SMARTS) is 6. The van der Waals surface area contributed by atoms with Crippen LogP contribution in [0, 0.1) is 0 Å². The first kappa shape index (κ1) is 66.1. The van der Waals surface area contributed by atoms with Crippen LogP contribution in [0.3, 0.4) is 0 Å². The Morgan fingerprint density at radius 3 is 1.14 bits per heavy atom. The van der Waals surface area contributed by atoms with Crippen LogP contribution < -0.4 is 37.2 Å². The Hall–Kier alpha value is -9.16. The summed E-state index contributed by atoms with van der Waals surface area (Å²) in [4.78, 5) is 167. The smallest absolute Gasteiger partial charge is 0.326 e. The quantitative estimate of drug-likeness (QED) is 0.0197. The molecule has 2 aliphatic rings. The molecular formula is C48H70N14O19. The Balaban J connectivity index is 1.44. The Labute approximate surface area is 463 Å². The second-order valence-corrected chi connectivity index (χ2v) is 18.8. The topological polar surface area (TPSA) is 489 Å². The number of carbonyl (C=O) groups is 13. The fourth-order valence-electron chi connectivity index (χ4n) is 8.36. The van der Waals surface area contributed by atoms with Gasteiger partial charge in [0, 0.05) is 113 Å². The van der Waals surface area contributed by atoms with E-state index in [1.807, 2.05) is 0 Å². The Bertz CT molecular complexity index is 2320. The van der Waals surface area contributed by atoms with Gasteiger partial charge in [0.1, 0.15) is 24.2 Å². The first-order chi connectivity index (χ1) is 38.5. The summed E-state index contributed by atoms with van der Waals surface area (Å²) in [5, 5.41) is 75.5. The highest BCUT2D eigenvalue weighted by Crippen LogP contribution is 2.17. The lowest BCUT2D eigenvalue weighted by Crippen LogP contribution is -2.53. The molecule has 0 bridgehead atoms. The van der Waals surface area contributed by atoms with Gasteiger partial charge in [-0.2, -0.15) is 0 Å². The largest absolute Gasteiger partial charge is 0.481 e. The molecule has 1 aromatic rings. The van der Waals surface area contributed by atoms with E-state index >= 15 is 0 Å². The van der Waals surface area contributed by atoms with Crippen LogP contribution in [0.1, 0.15) is 100 Å². The van der Waals surface area contributed by atoms with Gasteiger partial charge in [-0.25, -0.2) is 38.4 Å². The molecule has 0 spiro atoms. The normalized spacial score (nSPS) is 14.9. The van der Waals surface area contributed by atoms with Crippen molar-refractivity contribution in [2.75, 3.05) is 65.4 Å². The van der Waals surface area contributed by atoms with Gasteiger partial charge in [0.15, 0.2) is 0 Å². The number of hydrogen-bond acceptors (Lipinski definition) is 14. The predicted molar refractivity (Wildman–Crippen MR) is 279 cm³/mol. The first-order valence-corrected chi connectivity index (χ1v) is 26.0. The van der Waals surface area contributed by atoms with Crippen molar-refractivity contribution in [3.63, 3.8) is 0 Å². The Morgan fingerprint density at radius 1 is 0.457 bits per heavy atom. The molecule has 11 amide bonds. The highest BCUT2D eigenvalue weighted by atomic mass is 16.4. The molecule has 446 valence electrons. The van der Waals surface area contributed by atoms with Crippen molar-refractivity contribution in [1.82, 2.24) is 56.8 Å². The van der Waals surface area contributed by atoms with Crippen LogP contribution in [0.25, 0.3) is 10.4 Å². The molecule has 0 aromatic heterocycles. The molecule has 0 radical (unpaired) electrons. The van der Waals surface area contributed by atoms with E-state index in [9.17, 15) is 82.8 Å². The number of amides is 11. The van der Waals surface area contributed by atoms with Crippen molar-refractivity contribution in [1.29, 1.82) is 0 Å². The summed E-state index contributed by atoms with van der Waals surface area (Å²) in [5.74, 6) is -9.33. The van der Waals surface area contributed by atoms with Crippen LogP contribution in [0.2, 0.25) is 0 Å². The molecule has 2 heterocycles. The SMILES string of the molecule is [N-]=[N+]=Nc1ccc(C(=O)NC(CCC(=O)N2CCN(C(=O)NCCCC[C@H](NC(=O)N[C@@H](CCC(=O)O)C(=O)O)C(=O)O)CC2)CCC(=O)N2CCN(C(=O)NCCCC[C@@H](NC(=O)N[C@H](CCC(=O)O)C(=O)O)C(=O)O)CC2)cc1. The third-order valence-corrected chi connectivity index (χ3v) is 13.0. The summed E-state index contributed by atoms with van der Waals surface area (Å²) in [5.41, 5.74) is 9.26. The molecule has 33 nitrogen and oxygen atoms in total. The molecular weight excluding hydrogens is 1080 g/mol. The van der Waals surface area contributed by atoms with E-state index in [1.54, 1.807) is 9.80 Å². The van der Waals surface area contributed by atoms with Crippen molar-refractivity contribution in [3.05, 3.63) is 40.3 Å². The number of urea groups is 4. The maximum absolute atomic E-state index is 13.5. The summed E-state index contributed by atoms with van der Waals surface area (Å²) in [6.07, 6.45) is -0.686. The average molecular weight is 1150 g/mol. The summed E-state index contributed by atoms with van der Waals surface area (Å²) < 4.78 is 0. The highest BCUT2D eigenvalue weighted by molar-refractivity contribution is 5.95. The van der Waals surface area contributed by atoms with Crippen LogP contribution in [-0.2, 0) is 38.4 Å². The van der Waals surface area contributed by atoms with E-state index in [4.69, 9.17) is 15.7 Å². The molecule has 2 saturated heterocycles. The fraction of sp³-hybridized carbons (Fsp3) is 0.604. The van der Waals surface area contributed by atoms with Crippen LogP contribution in [0.5, 0.6) is 0 Å². The average Bonchev–Trinajstić information content (AvgIpc) is 3.42. The molecule has 1 aromatic carbocycles. The number of piperazine rings is 2. The number of hydrogen-bond donors (Lipinski definition) is 13. The summed E-state index contributed by atoms with van der Waals surface area (Å²) in [7, 11) is 0. The maximum Gasteiger partial charge on any atom is 0.326 e. The van der Waals surface area contributed by atoms with Crippen molar-refractivity contribution >= 4 is 83.3 Å². The third-order valence-electron chi connectivity index (χ3n) is 13.0. The summed E-state index contributed by atoms with van der Waals surface area (Å²) >= 11 is 0. The summed E-state index contributed by atoms with van der Waals surface area (Å²) in [6.45, 7) is 1.83. The maximum atomic E-state index is 13.5. The molecule has 1 unspecified atom stereocenters. The van der Waals surface area contributed by atoms with Crippen LogP contribution in [0.4, 0.5) is 24.9 Å². The number of benzene rings is 1. The molecule has 5 atom stereocenters. The van der Waals surface area contributed by atoms with Crippen molar-refractivity contribution in [2.45, 2.75) is 120 Å². The number of nitrogens with one attached hydrogen (secondary N) is 7. The van der Waals surface area contributed by atoms with Crippen molar-refractivity contribution < 1.29 is 93.0 Å². The van der Waals surface area contributed by atoms with E-state index in [-0.39, 0.29) is 140 Å². The molecule has 81 heavy (non-hydrogen) atoms. The number of azide groups is 1. The monoisotopic (exact) mass is 1150 g/mol. The molecule has 0 saturated carbocycles. The molecule has 3 rings (SSSR count). The van der Waals surface area contributed by atoms with Crippen LogP contribution >= 0.6 is 0 Å². The molecule has 2 fully saturated rings. The minimum absolute atomic E-state index is 0.0194.